The van der Waals surface area contributed by atoms with E-state index < -0.39 is 10.0 Å². The van der Waals surface area contributed by atoms with E-state index in [1.165, 1.54) is 4.31 Å². The SMILES string of the molecule is Cc1cc(S(=O)(=O)N2CCC(C(=O)N3CCCC3)CC2)ccc1Cl. The van der Waals surface area contributed by atoms with Crippen molar-refractivity contribution in [2.45, 2.75) is 37.5 Å². The lowest BCUT2D eigenvalue weighted by Gasteiger charge is -2.32. The number of rotatable bonds is 3. The van der Waals surface area contributed by atoms with Gasteiger partial charge in [-0.2, -0.15) is 4.31 Å². The van der Waals surface area contributed by atoms with Crippen molar-refractivity contribution < 1.29 is 13.2 Å². The number of likely N-dealkylation sites (tertiary alicyclic amines) is 1. The number of halogens is 1. The maximum atomic E-state index is 12.8. The average Bonchev–Trinajstić information content (AvgIpc) is 3.11. The van der Waals surface area contributed by atoms with Crippen molar-refractivity contribution in [3.63, 3.8) is 0 Å². The summed E-state index contributed by atoms with van der Waals surface area (Å²) in [6, 6.07) is 4.78. The van der Waals surface area contributed by atoms with E-state index in [1.807, 2.05) is 4.90 Å². The van der Waals surface area contributed by atoms with Crippen LogP contribution in [0.1, 0.15) is 31.2 Å². The molecular weight excluding hydrogens is 348 g/mol. The third kappa shape index (κ3) is 3.46. The van der Waals surface area contributed by atoms with Gasteiger partial charge < -0.3 is 4.90 Å². The van der Waals surface area contributed by atoms with Gasteiger partial charge in [-0.25, -0.2) is 8.42 Å². The van der Waals surface area contributed by atoms with Gasteiger partial charge in [-0.15, -0.1) is 0 Å². The Balaban J connectivity index is 1.67. The van der Waals surface area contributed by atoms with Gasteiger partial charge in [0.05, 0.1) is 4.90 Å². The topological polar surface area (TPSA) is 57.7 Å². The highest BCUT2D eigenvalue weighted by molar-refractivity contribution is 7.89. The highest BCUT2D eigenvalue weighted by atomic mass is 35.5. The fourth-order valence-corrected chi connectivity index (χ4v) is 5.14. The number of sulfonamides is 1. The van der Waals surface area contributed by atoms with Crippen LogP contribution in [0.15, 0.2) is 23.1 Å². The third-order valence-corrected chi connectivity index (χ3v) is 7.31. The van der Waals surface area contributed by atoms with Gasteiger partial charge in [-0.3, -0.25) is 4.79 Å². The molecule has 0 unspecified atom stereocenters. The molecule has 2 fully saturated rings. The molecule has 132 valence electrons. The molecule has 0 atom stereocenters. The number of piperidine rings is 1. The molecule has 0 radical (unpaired) electrons. The molecule has 0 saturated carbocycles. The van der Waals surface area contributed by atoms with Crippen LogP contribution in [0.5, 0.6) is 0 Å². The highest BCUT2D eigenvalue weighted by Gasteiger charge is 2.34. The number of amides is 1. The zero-order valence-corrected chi connectivity index (χ0v) is 15.4. The first-order chi connectivity index (χ1) is 11.4. The van der Waals surface area contributed by atoms with E-state index in [-0.39, 0.29) is 16.7 Å². The van der Waals surface area contributed by atoms with E-state index in [0.717, 1.165) is 31.5 Å². The van der Waals surface area contributed by atoms with E-state index in [1.54, 1.807) is 25.1 Å². The number of hydrogen-bond donors (Lipinski definition) is 0. The largest absolute Gasteiger partial charge is 0.342 e. The quantitative estimate of drug-likeness (QED) is 0.821. The van der Waals surface area contributed by atoms with Gasteiger partial charge >= 0.3 is 0 Å². The number of carbonyl (C=O) groups is 1. The second-order valence-corrected chi connectivity index (χ2v) is 8.97. The second-order valence-electron chi connectivity index (χ2n) is 6.62. The van der Waals surface area contributed by atoms with Crippen molar-refractivity contribution in [1.82, 2.24) is 9.21 Å². The van der Waals surface area contributed by atoms with E-state index in [4.69, 9.17) is 11.6 Å². The predicted octanol–water partition coefficient (Wildman–Crippen LogP) is 2.67. The summed E-state index contributed by atoms with van der Waals surface area (Å²) in [5, 5.41) is 0.559. The molecule has 0 N–H and O–H groups in total. The first kappa shape index (κ1) is 17.7. The molecule has 1 aromatic carbocycles. The Hall–Kier alpha value is -1.11. The third-order valence-electron chi connectivity index (χ3n) is 4.99. The van der Waals surface area contributed by atoms with Gasteiger partial charge in [0.15, 0.2) is 0 Å². The molecule has 1 amide bonds. The lowest BCUT2D eigenvalue weighted by molar-refractivity contribution is -0.135. The Labute approximate surface area is 148 Å². The number of hydrogen-bond acceptors (Lipinski definition) is 3. The molecule has 2 saturated heterocycles. The smallest absolute Gasteiger partial charge is 0.243 e. The van der Waals surface area contributed by atoms with Crippen molar-refractivity contribution in [3.8, 4) is 0 Å². The Morgan fingerprint density at radius 2 is 1.75 bits per heavy atom. The molecule has 1 aromatic rings. The summed E-state index contributed by atoms with van der Waals surface area (Å²) in [5.74, 6) is 0.161. The minimum atomic E-state index is -3.52. The van der Waals surface area contributed by atoms with E-state index in [2.05, 4.69) is 0 Å². The summed E-state index contributed by atoms with van der Waals surface area (Å²) in [6.45, 7) is 4.29. The molecule has 7 heteroatoms. The zero-order chi connectivity index (χ0) is 17.3. The molecule has 2 heterocycles. The minimum Gasteiger partial charge on any atom is -0.342 e. The predicted molar refractivity (Wildman–Crippen MR) is 93.5 cm³/mol. The molecule has 3 rings (SSSR count). The first-order valence-electron chi connectivity index (χ1n) is 8.44. The molecule has 5 nitrogen and oxygen atoms in total. The first-order valence-corrected chi connectivity index (χ1v) is 10.3. The maximum absolute atomic E-state index is 12.8. The van der Waals surface area contributed by atoms with Crippen LogP contribution in [0.4, 0.5) is 0 Å². The Morgan fingerprint density at radius 3 is 2.33 bits per heavy atom. The van der Waals surface area contributed by atoms with Crippen LogP contribution >= 0.6 is 11.6 Å². The Kier molecular flexibility index (Phi) is 5.18. The Morgan fingerprint density at radius 1 is 1.12 bits per heavy atom. The number of nitrogens with zero attached hydrogens (tertiary/aromatic N) is 2. The molecule has 0 bridgehead atoms. The lowest BCUT2D eigenvalue weighted by atomic mass is 9.97. The average molecular weight is 371 g/mol. The van der Waals surface area contributed by atoms with Crippen molar-refractivity contribution in [2.75, 3.05) is 26.2 Å². The number of benzene rings is 1. The molecular formula is C17H23ClN2O3S. The number of carbonyl (C=O) groups excluding carboxylic acids is 1. The van der Waals surface area contributed by atoms with Crippen molar-refractivity contribution in [3.05, 3.63) is 28.8 Å². The van der Waals surface area contributed by atoms with Crippen LogP contribution in [-0.2, 0) is 14.8 Å². The van der Waals surface area contributed by atoms with E-state index in [9.17, 15) is 13.2 Å². The summed E-state index contributed by atoms with van der Waals surface area (Å²) in [5.41, 5.74) is 0.747. The molecule has 2 aliphatic rings. The van der Waals surface area contributed by atoms with Gasteiger partial charge in [-0.05, 0) is 56.4 Å². The van der Waals surface area contributed by atoms with Crippen molar-refractivity contribution in [2.24, 2.45) is 5.92 Å². The van der Waals surface area contributed by atoms with Gasteiger partial charge in [0.1, 0.15) is 0 Å². The fourth-order valence-electron chi connectivity index (χ4n) is 3.47. The molecule has 2 aliphatic heterocycles. The van der Waals surface area contributed by atoms with Crippen LogP contribution in [0.3, 0.4) is 0 Å². The van der Waals surface area contributed by atoms with E-state index in [0.29, 0.717) is 31.0 Å². The molecule has 0 aromatic heterocycles. The summed E-state index contributed by atoms with van der Waals surface area (Å²) < 4.78 is 27.0. The van der Waals surface area contributed by atoms with Gasteiger partial charge in [0.25, 0.3) is 0 Å². The second kappa shape index (κ2) is 7.02. The van der Waals surface area contributed by atoms with Gasteiger partial charge in [0, 0.05) is 37.1 Å². The lowest BCUT2D eigenvalue weighted by Crippen LogP contribution is -2.43. The number of aryl methyl sites for hydroxylation is 1. The van der Waals surface area contributed by atoms with Crippen molar-refractivity contribution >= 4 is 27.5 Å². The fraction of sp³-hybridized carbons (Fsp3) is 0.588. The standard InChI is InChI=1S/C17H23ClN2O3S/c1-13-12-15(4-5-16(13)18)24(22,23)20-10-6-14(7-11-20)17(21)19-8-2-3-9-19/h4-5,12,14H,2-3,6-11H2,1H3. The normalized spacial score (nSPS) is 20.5. The van der Waals surface area contributed by atoms with Crippen LogP contribution in [-0.4, -0.2) is 49.7 Å². The van der Waals surface area contributed by atoms with Gasteiger partial charge in [-0.1, -0.05) is 11.6 Å². The summed E-state index contributed by atoms with van der Waals surface area (Å²) in [7, 11) is -3.52. The summed E-state index contributed by atoms with van der Waals surface area (Å²) >= 11 is 5.98. The van der Waals surface area contributed by atoms with Crippen LogP contribution < -0.4 is 0 Å². The summed E-state index contributed by atoms with van der Waals surface area (Å²) in [4.78, 5) is 14.7. The molecule has 0 aliphatic carbocycles. The molecule has 24 heavy (non-hydrogen) atoms. The zero-order valence-electron chi connectivity index (χ0n) is 13.9. The van der Waals surface area contributed by atoms with Crippen molar-refractivity contribution in [1.29, 1.82) is 0 Å². The van der Waals surface area contributed by atoms with Crippen LogP contribution in [0.2, 0.25) is 5.02 Å². The minimum absolute atomic E-state index is 0.0403. The van der Waals surface area contributed by atoms with Crippen LogP contribution in [0, 0.1) is 12.8 Å². The summed E-state index contributed by atoms with van der Waals surface area (Å²) in [6.07, 6.45) is 3.35. The van der Waals surface area contributed by atoms with Gasteiger partial charge in [0.2, 0.25) is 15.9 Å². The highest BCUT2D eigenvalue weighted by Crippen LogP contribution is 2.27. The van der Waals surface area contributed by atoms with Crippen LogP contribution in [0.25, 0.3) is 0 Å². The van der Waals surface area contributed by atoms with E-state index >= 15 is 0 Å². The maximum Gasteiger partial charge on any atom is 0.243 e. The molecule has 0 spiro atoms. The monoisotopic (exact) mass is 370 g/mol. The Bertz CT molecular complexity index is 721.